The van der Waals surface area contributed by atoms with E-state index in [2.05, 4.69) is 22.6 Å². The summed E-state index contributed by atoms with van der Waals surface area (Å²) in [5, 5.41) is 6.41. The van der Waals surface area contributed by atoms with Crippen LogP contribution in [0.2, 0.25) is 0 Å². The third kappa shape index (κ3) is 5.31. The van der Waals surface area contributed by atoms with E-state index in [1.54, 1.807) is 0 Å². The van der Waals surface area contributed by atoms with Crippen molar-refractivity contribution < 1.29 is 4.79 Å². The van der Waals surface area contributed by atoms with Crippen LogP contribution in [0.15, 0.2) is 0 Å². The molecular formula is C12H25Cl2N3O. The van der Waals surface area contributed by atoms with Gasteiger partial charge in [-0.3, -0.25) is 4.79 Å². The van der Waals surface area contributed by atoms with Crippen molar-refractivity contribution in [1.82, 2.24) is 15.5 Å². The minimum Gasteiger partial charge on any atom is -0.354 e. The predicted molar refractivity (Wildman–Crippen MR) is 78.8 cm³/mol. The Morgan fingerprint density at radius 3 is 2.67 bits per heavy atom. The molecule has 2 rings (SSSR count). The number of likely N-dealkylation sites (tertiary alicyclic amines) is 1. The van der Waals surface area contributed by atoms with Gasteiger partial charge in [0.15, 0.2) is 0 Å². The van der Waals surface area contributed by atoms with Crippen LogP contribution in [-0.4, -0.2) is 49.6 Å². The molecule has 2 heterocycles. The summed E-state index contributed by atoms with van der Waals surface area (Å²) >= 11 is 0. The highest BCUT2D eigenvalue weighted by Gasteiger charge is 2.22. The molecule has 2 saturated heterocycles. The van der Waals surface area contributed by atoms with Crippen molar-refractivity contribution >= 4 is 30.7 Å². The summed E-state index contributed by atoms with van der Waals surface area (Å²) in [6, 6.07) is 0.974. The molecule has 0 aromatic heterocycles. The molecule has 1 amide bonds. The van der Waals surface area contributed by atoms with E-state index in [0.29, 0.717) is 18.5 Å². The number of amides is 1. The molecule has 0 radical (unpaired) electrons. The van der Waals surface area contributed by atoms with E-state index in [1.165, 1.54) is 25.8 Å². The fourth-order valence-corrected chi connectivity index (χ4v) is 2.70. The molecule has 0 aromatic carbocycles. The maximum Gasteiger partial charge on any atom is 0.221 e. The Labute approximate surface area is 122 Å². The van der Waals surface area contributed by atoms with Crippen molar-refractivity contribution in [2.75, 3.05) is 26.7 Å². The second-order valence-corrected chi connectivity index (χ2v) is 5.08. The van der Waals surface area contributed by atoms with Crippen LogP contribution in [0.3, 0.4) is 0 Å². The molecule has 108 valence electrons. The highest BCUT2D eigenvalue weighted by Crippen LogP contribution is 2.14. The molecule has 2 atom stereocenters. The van der Waals surface area contributed by atoms with E-state index in [0.717, 1.165) is 19.5 Å². The van der Waals surface area contributed by atoms with Crippen LogP contribution in [0.1, 0.15) is 32.1 Å². The number of carbonyl (C=O) groups is 1. The Hall–Kier alpha value is -0.0300. The van der Waals surface area contributed by atoms with Gasteiger partial charge in [0, 0.05) is 25.0 Å². The lowest BCUT2D eigenvalue weighted by Crippen LogP contribution is -2.40. The van der Waals surface area contributed by atoms with Crippen LogP contribution in [0.25, 0.3) is 0 Å². The minimum absolute atomic E-state index is 0. The average Bonchev–Trinajstić information content (AvgIpc) is 2.87. The molecule has 0 aromatic rings. The summed E-state index contributed by atoms with van der Waals surface area (Å²) in [5.41, 5.74) is 0. The molecule has 0 saturated carbocycles. The lowest BCUT2D eigenvalue weighted by Gasteiger charge is -2.20. The fraction of sp³-hybridized carbons (Fsp3) is 0.917. The highest BCUT2D eigenvalue weighted by molar-refractivity contribution is 5.85. The van der Waals surface area contributed by atoms with Gasteiger partial charge in [0.05, 0.1) is 0 Å². The van der Waals surface area contributed by atoms with Crippen LogP contribution in [0.4, 0.5) is 0 Å². The number of hydrogen-bond acceptors (Lipinski definition) is 3. The first-order chi connectivity index (χ1) is 7.75. The number of rotatable bonds is 4. The predicted octanol–water partition coefficient (Wildman–Crippen LogP) is 1.18. The lowest BCUT2D eigenvalue weighted by molar-refractivity contribution is -0.121. The van der Waals surface area contributed by atoms with Gasteiger partial charge in [-0.05, 0) is 45.8 Å². The number of likely N-dealkylation sites (N-methyl/N-ethyl adjacent to an activating group) is 1. The first kappa shape index (κ1) is 18.0. The first-order valence-electron chi connectivity index (χ1n) is 6.46. The number of halogens is 2. The Balaban J connectivity index is 0.00000144. The standard InChI is InChI=1S/C12H23N3O.2ClH/c1-15-7-3-5-11(15)9-14-12(16)8-10-4-2-6-13-10;;/h10-11,13H,2-9H2,1H3,(H,14,16);2*1H. The Kier molecular flexibility index (Phi) is 8.95. The summed E-state index contributed by atoms with van der Waals surface area (Å²) in [6.45, 7) is 3.07. The molecule has 2 aliphatic rings. The number of nitrogens with one attached hydrogen (secondary N) is 2. The second-order valence-electron chi connectivity index (χ2n) is 5.08. The molecule has 2 unspecified atom stereocenters. The maximum atomic E-state index is 11.7. The molecule has 0 bridgehead atoms. The zero-order valence-corrected chi connectivity index (χ0v) is 12.6. The van der Waals surface area contributed by atoms with E-state index >= 15 is 0 Å². The summed E-state index contributed by atoms with van der Waals surface area (Å²) in [7, 11) is 2.14. The molecule has 2 N–H and O–H groups in total. The van der Waals surface area contributed by atoms with Crippen LogP contribution >= 0.6 is 24.8 Å². The van der Waals surface area contributed by atoms with Gasteiger partial charge in [-0.2, -0.15) is 0 Å². The van der Waals surface area contributed by atoms with Crippen molar-refractivity contribution in [3.63, 3.8) is 0 Å². The molecule has 2 fully saturated rings. The van der Waals surface area contributed by atoms with Gasteiger partial charge in [0.25, 0.3) is 0 Å². The SMILES string of the molecule is CN1CCCC1CNC(=O)CC1CCCN1.Cl.Cl. The van der Waals surface area contributed by atoms with Gasteiger partial charge < -0.3 is 15.5 Å². The van der Waals surface area contributed by atoms with E-state index < -0.39 is 0 Å². The van der Waals surface area contributed by atoms with Crippen LogP contribution < -0.4 is 10.6 Å². The first-order valence-corrected chi connectivity index (χ1v) is 6.46. The van der Waals surface area contributed by atoms with E-state index in [9.17, 15) is 4.79 Å². The zero-order chi connectivity index (χ0) is 11.4. The Morgan fingerprint density at radius 1 is 1.33 bits per heavy atom. The van der Waals surface area contributed by atoms with Gasteiger partial charge in [0.2, 0.25) is 5.91 Å². The van der Waals surface area contributed by atoms with Crippen molar-refractivity contribution in [1.29, 1.82) is 0 Å². The third-order valence-electron chi connectivity index (χ3n) is 3.80. The van der Waals surface area contributed by atoms with E-state index in [-0.39, 0.29) is 30.7 Å². The third-order valence-corrected chi connectivity index (χ3v) is 3.80. The van der Waals surface area contributed by atoms with E-state index in [4.69, 9.17) is 0 Å². The smallest absolute Gasteiger partial charge is 0.221 e. The lowest BCUT2D eigenvalue weighted by atomic mass is 10.1. The molecule has 0 spiro atoms. The maximum absolute atomic E-state index is 11.7. The van der Waals surface area contributed by atoms with Gasteiger partial charge in [0.1, 0.15) is 0 Å². The molecule has 6 heteroatoms. The number of carbonyl (C=O) groups excluding carboxylic acids is 1. The largest absolute Gasteiger partial charge is 0.354 e. The van der Waals surface area contributed by atoms with E-state index in [1.807, 2.05) is 0 Å². The highest BCUT2D eigenvalue weighted by atomic mass is 35.5. The quantitative estimate of drug-likeness (QED) is 0.819. The van der Waals surface area contributed by atoms with Crippen molar-refractivity contribution in [2.24, 2.45) is 0 Å². The van der Waals surface area contributed by atoms with Crippen LogP contribution in [-0.2, 0) is 4.79 Å². The number of nitrogens with zero attached hydrogens (tertiary/aromatic N) is 1. The Bertz CT molecular complexity index is 247. The second kappa shape index (κ2) is 8.97. The van der Waals surface area contributed by atoms with Crippen molar-refractivity contribution in [3.05, 3.63) is 0 Å². The molecule has 2 aliphatic heterocycles. The molecule has 18 heavy (non-hydrogen) atoms. The van der Waals surface area contributed by atoms with Crippen LogP contribution in [0, 0.1) is 0 Å². The molecule has 0 aliphatic carbocycles. The topological polar surface area (TPSA) is 44.4 Å². The van der Waals surface area contributed by atoms with Crippen molar-refractivity contribution in [2.45, 2.75) is 44.2 Å². The summed E-state index contributed by atoms with van der Waals surface area (Å²) in [4.78, 5) is 14.0. The normalized spacial score (nSPS) is 27.4. The van der Waals surface area contributed by atoms with Gasteiger partial charge in [-0.1, -0.05) is 0 Å². The van der Waals surface area contributed by atoms with Gasteiger partial charge >= 0.3 is 0 Å². The zero-order valence-electron chi connectivity index (χ0n) is 11.0. The summed E-state index contributed by atoms with van der Waals surface area (Å²) < 4.78 is 0. The summed E-state index contributed by atoms with van der Waals surface area (Å²) in [6.07, 6.45) is 5.50. The summed E-state index contributed by atoms with van der Waals surface area (Å²) in [5.74, 6) is 0.208. The Morgan fingerprint density at radius 2 is 2.11 bits per heavy atom. The van der Waals surface area contributed by atoms with Gasteiger partial charge in [-0.15, -0.1) is 24.8 Å². The molecular weight excluding hydrogens is 273 g/mol. The monoisotopic (exact) mass is 297 g/mol. The fourth-order valence-electron chi connectivity index (χ4n) is 2.70. The minimum atomic E-state index is 0. The van der Waals surface area contributed by atoms with Crippen LogP contribution in [0.5, 0.6) is 0 Å². The number of hydrogen-bond donors (Lipinski definition) is 2. The average molecular weight is 298 g/mol. The van der Waals surface area contributed by atoms with Gasteiger partial charge in [-0.25, -0.2) is 0 Å². The molecule has 4 nitrogen and oxygen atoms in total. The van der Waals surface area contributed by atoms with Crippen molar-refractivity contribution in [3.8, 4) is 0 Å².